The van der Waals surface area contributed by atoms with Gasteiger partial charge in [-0.25, -0.2) is 4.79 Å². The molecule has 1 amide bonds. The van der Waals surface area contributed by atoms with E-state index in [0.717, 1.165) is 0 Å². The SMILES string of the molecule is NCCC[C@H](N)C(=O)N[C@@H](CCN)C(=O)O. The second-order valence-corrected chi connectivity index (χ2v) is 3.51. The number of carboxylic acid groups (broad SMARTS) is 1. The standard InChI is InChI=1S/C9H20N4O3/c10-4-1-2-6(12)8(14)13-7(3-5-11)9(15)16/h6-7H,1-5,10-12H2,(H,13,14)(H,15,16)/t6-,7-/m0/s1. The van der Waals surface area contributed by atoms with E-state index in [0.29, 0.717) is 19.4 Å². The van der Waals surface area contributed by atoms with Gasteiger partial charge in [-0.1, -0.05) is 0 Å². The van der Waals surface area contributed by atoms with Crippen molar-refractivity contribution in [3.05, 3.63) is 0 Å². The smallest absolute Gasteiger partial charge is 0.326 e. The van der Waals surface area contributed by atoms with Gasteiger partial charge < -0.3 is 27.6 Å². The summed E-state index contributed by atoms with van der Waals surface area (Å²) in [6.07, 6.45) is 1.26. The predicted molar refractivity (Wildman–Crippen MR) is 59.5 cm³/mol. The zero-order chi connectivity index (χ0) is 12.6. The first-order valence-corrected chi connectivity index (χ1v) is 5.21. The summed E-state index contributed by atoms with van der Waals surface area (Å²) in [4.78, 5) is 22.2. The van der Waals surface area contributed by atoms with E-state index in [1.54, 1.807) is 0 Å². The first-order chi connectivity index (χ1) is 7.52. The van der Waals surface area contributed by atoms with Crippen molar-refractivity contribution in [2.45, 2.75) is 31.3 Å². The van der Waals surface area contributed by atoms with E-state index in [2.05, 4.69) is 5.32 Å². The van der Waals surface area contributed by atoms with Gasteiger partial charge in [0.05, 0.1) is 6.04 Å². The molecule has 0 spiro atoms. The van der Waals surface area contributed by atoms with E-state index in [1.165, 1.54) is 0 Å². The first kappa shape index (κ1) is 14.8. The lowest BCUT2D eigenvalue weighted by Gasteiger charge is -2.16. The number of carbonyl (C=O) groups is 2. The number of rotatable bonds is 8. The summed E-state index contributed by atoms with van der Waals surface area (Å²) >= 11 is 0. The third-order valence-electron chi connectivity index (χ3n) is 2.13. The Kier molecular flexibility index (Phi) is 7.44. The summed E-state index contributed by atoms with van der Waals surface area (Å²) in [7, 11) is 0. The van der Waals surface area contributed by atoms with Gasteiger partial charge in [0, 0.05) is 0 Å². The molecule has 0 rings (SSSR count). The van der Waals surface area contributed by atoms with Crippen molar-refractivity contribution in [3.63, 3.8) is 0 Å². The minimum Gasteiger partial charge on any atom is -0.480 e. The molecule has 8 N–H and O–H groups in total. The summed E-state index contributed by atoms with van der Waals surface area (Å²) in [6.45, 7) is 0.640. The van der Waals surface area contributed by atoms with Crippen LogP contribution in [0.15, 0.2) is 0 Å². The number of nitrogens with two attached hydrogens (primary N) is 3. The van der Waals surface area contributed by atoms with Gasteiger partial charge >= 0.3 is 5.97 Å². The van der Waals surface area contributed by atoms with E-state index >= 15 is 0 Å². The van der Waals surface area contributed by atoms with Crippen LogP contribution in [0.4, 0.5) is 0 Å². The molecule has 0 aromatic rings. The molecule has 0 fully saturated rings. The summed E-state index contributed by atoms with van der Waals surface area (Å²) in [5.74, 6) is -1.58. The van der Waals surface area contributed by atoms with Gasteiger partial charge in [0.15, 0.2) is 0 Å². The molecule has 7 heteroatoms. The van der Waals surface area contributed by atoms with Crippen LogP contribution in [0.25, 0.3) is 0 Å². The van der Waals surface area contributed by atoms with Crippen LogP contribution in [0, 0.1) is 0 Å². The highest BCUT2D eigenvalue weighted by Gasteiger charge is 2.21. The molecule has 0 saturated carbocycles. The average Bonchev–Trinajstić information content (AvgIpc) is 2.24. The Morgan fingerprint density at radius 2 is 1.81 bits per heavy atom. The van der Waals surface area contributed by atoms with Crippen LogP contribution in [0.5, 0.6) is 0 Å². The largest absolute Gasteiger partial charge is 0.480 e. The molecular formula is C9H20N4O3. The fourth-order valence-electron chi connectivity index (χ4n) is 1.17. The van der Waals surface area contributed by atoms with Gasteiger partial charge in [-0.05, 0) is 32.4 Å². The summed E-state index contributed by atoms with van der Waals surface area (Å²) in [5, 5.41) is 11.1. The van der Waals surface area contributed by atoms with Crippen LogP contribution in [0.1, 0.15) is 19.3 Å². The van der Waals surface area contributed by atoms with Gasteiger partial charge in [-0.15, -0.1) is 0 Å². The zero-order valence-electron chi connectivity index (χ0n) is 9.19. The van der Waals surface area contributed by atoms with Crippen LogP contribution >= 0.6 is 0 Å². The highest BCUT2D eigenvalue weighted by molar-refractivity contribution is 5.86. The van der Waals surface area contributed by atoms with E-state index in [1.807, 2.05) is 0 Å². The molecule has 7 nitrogen and oxygen atoms in total. The normalized spacial score (nSPS) is 14.2. The Balaban J connectivity index is 4.12. The van der Waals surface area contributed by atoms with Crippen LogP contribution < -0.4 is 22.5 Å². The Morgan fingerprint density at radius 1 is 1.19 bits per heavy atom. The molecule has 0 bridgehead atoms. The lowest BCUT2D eigenvalue weighted by molar-refractivity contribution is -0.142. The van der Waals surface area contributed by atoms with Crippen molar-refractivity contribution < 1.29 is 14.7 Å². The van der Waals surface area contributed by atoms with Crippen LogP contribution in [-0.4, -0.2) is 42.2 Å². The van der Waals surface area contributed by atoms with Gasteiger partial charge in [0.25, 0.3) is 0 Å². The molecule has 0 aromatic carbocycles. The maximum absolute atomic E-state index is 11.5. The molecule has 0 radical (unpaired) electrons. The molecule has 0 aliphatic carbocycles. The third-order valence-corrected chi connectivity index (χ3v) is 2.13. The molecule has 0 aliphatic rings. The van der Waals surface area contributed by atoms with Gasteiger partial charge in [0.2, 0.25) is 5.91 Å². The molecule has 0 unspecified atom stereocenters. The second kappa shape index (κ2) is 8.03. The number of amides is 1. The van der Waals surface area contributed by atoms with Crippen LogP contribution in [0.2, 0.25) is 0 Å². The van der Waals surface area contributed by atoms with Crippen molar-refractivity contribution >= 4 is 11.9 Å². The minimum atomic E-state index is -1.11. The minimum absolute atomic E-state index is 0.185. The number of hydrogen-bond acceptors (Lipinski definition) is 5. The Hall–Kier alpha value is -1.18. The molecular weight excluding hydrogens is 212 g/mol. The number of hydrogen-bond donors (Lipinski definition) is 5. The third kappa shape index (κ3) is 5.64. The zero-order valence-corrected chi connectivity index (χ0v) is 9.19. The highest BCUT2D eigenvalue weighted by Crippen LogP contribution is 1.96. The average molecular weight is 232 g/mol. The van der Waals surface area contributed by atoms with Crippen LogP contribution in [-0.2, 0) is 9.59 Å². The lowest BCUT2D eigenvalue weighted by Crippen LogP contribution is -2.49. The summed E-state index contributed by atoms with van der Waals surface area (Å²) in [6, 6.07) is -1.69. The monoisotopic (exact) mass is 232 g/mol. The Morgan fingerprint density at radius 3 is 2.25 bits per heavy atom. The lowest BCUT2D eigenvalue weighted by atomic mass is 10.1. The summed E-state index contributed by atoms with van der Waals surface area (Å²) in [5.41, 5.74) is 16.1. The van der Waals surface area contributed by atoms with E-state index < -0.39 is 24.0 Å². The molecule has 2 atom stereocenters. The van der Waals surface area contributed by atoms with E-state index in [9.17, 15) is 9.59 Å². The quantitative estimate of drug-likeness (QED) is 0.326. The number of nitrogens with one attached hydrogen (secondary N) is 1. The van der Waals surface area contributed by atoms with E-state index in [-0.39, 0.29) is 13.0 Å². The second-order valence-electron chi connectivity index (χ2n) is 3.51. The molecule has 0 saturated heterocycles. The number of aliphatic carboxylic acids is 1. The van der Waals surface area contributed by atoms with Crippen LogP contribution in [0.3, 0.4) is 0 Å². The van der Waals surface area contributed by atoms with Gasteiger partial charge in [-0.2, -0.15) is 0 Å². The molecule has 0 aliphatic heterocycles. The van der Waals surface area contributed by atoms with Gasteiger partial charge in [0.1, 0.15) is 6.04 Å². The number of carbonyl (C=O) groups excluding carboxylic acids is 1. The van der Waals surface area contributed by atoms with Crippen molar-refractivity contribution in [3.8, 4) is 0 Å². The molecule has 16 heavy (non-hydrogen) atoms. The summed E-state index contributed by atoms with van der Waals surface area (Å²) < 4.78 is 0. The highest BCUT2D eigenvalue weighted by atomic mass is 16.4. The topological polar surface area (TPSA) is 144 Å². The maximum Gasteiger partial charge on any atom is 0.326 e. The molecule has 0 aromatic heterocycles. The van der Waals surface area contributed by atoms with Crippen molar-refractivity contribution in [1.82, 2.24) is 5.32 Å². The molecule has 0 heterocycles. The van der Waals surface area contributed by atoms with Gasteiger partial charge in [-0.3, -0.25) is 4.79 Å². The molecule has 94 valence electrons. The van der Waals surface area contributed by atoms with Crippen molar-refractivity contribution in [1.29, 1.82) is 0 Å². The Labute approximate surface area is 94.3 Å². The number of carboxylic acids is 1. The van der Waals surface area contributed by atoms with E-state index in [4.69, 9.17) is 22.3 Å². The Bertz CT molecular complexity index is 235. The predicted octanol–water partition coefficient (Wildman–Crippen LogP) is -2.03. The first-order valence-electron chi connectivity index (χ1n) is 5.21. The van der Waals surface area contributed by atoms with Crippen molar-refractivity contribution in [2.24, 2.45) is 17.2 Å². The fraction of sp³-hybridized carbons (Fsp3) is 0.778. The maximum atomic E-state index is 11.5. The van der Waals surface area contributed by atoms with Crippen molar-refractivity contribution in [2.75, 3.05) is 13.1 Å². The fourth-order valence-corrected chi connectivity index (χ4v) is 1.17.